The molecule has 2 N–H and O–H groups in total. The molecule has 2 heterocycles. The number of carbonyl (C=O) groups excluding carboxylic acids is 1. The van der Waals surface area contributed by atoms with E-state index in [0.717, 1.165) is 28.6 Å². The summed E-state index contributed by atoms with van der Waals surface area (Å²) < 4.78 is 0. The molecule has 1 atom stereocenters. The quantitative estimate of drug-likeness (QED) is 0.556. The molecule has 6 heteroatoms. The first kappa shape index (κ1) is 23.8. The number of aromatic nitrogens is 1. The highest BCUT2D eigenvalue weighted by Gasteiger charge is 2.45. The number of nitrogens with one attached hydrogen (secondary N) is 1. The average Bonchev–Trinajstić information content (AvgIpc) is 3.10. The number of amides is 1. The summed E-state index contributed by atoms with van der Waals surface area (Å²) in [5.74, 6) is -1.18. The Morgan fingerprint density at radius 1 is 1.09 bits per heavy atom. The Morgan fingerprint density at radius 2 is 1.74 bits per heavy atom. The van der Waals surface area contributed by atoms with E-state index in [0.29, 0.717) is 11.3 Å². The van der Waals surface area contributed by atoms with Gasteiger partial charge in [-0.2, -0.15) is 0 Å². The Morgan fingerprint density at radius 3 is 2.32 bits per heavy atom. The van der Waals surface area contributed by atoms with Crippen molar-refractivity contribution < 1.29 is 14.7 Å². The largest absolute Gasteiger partial charge is 0.478 e. The molecule has 1 aliphatic rings. The van der Waals surface area contributed by atoms with Crippen molar-refractivity contribution in [2.24, 2.45) is 5.92 Å². The number of hydrogen-bond acceptors (Lipinski definition) is 3. The van der Waals surface area contributed by atoms with Crippen molar-refractivity contribution in [2.45, 2.75) is 45.7 Å². The topological polar surface area (TPSA) is 76.6 Å². The number of nitrogens with zero attached hydrogens (tertiary/aromatic N) is 2. The summed E-state index contributed by atoms with van der Waals surface area (Å²) in [4.78, 5) is 33.4. The predicted molar refractivity (Wildman–Crippen MR) is 136 cm³/mol. The van der Waals surface area contributed by atoms with Crippen molar-refractivity contribution in [1.82, 2.24) is 14.8 Å². The van der Waals surface area contributed by atoms with Crippen LogP contribution in [0.25, 0.3) is 16.5 Å². The second-order valence-corrected chi connectivity index (χ2v) is 10.3. The van der Waals surface area contributed by atoms with Crippen molar-refractivity contribution in [2.75, 3.05) is 14.1 Å². The maximum absolute atomic E-state index is 13.9. The van der Waals surface area contributed by atoms with E-state index in [4.69, 9.17) is 0 Å². The maximum Gasteiger partial charge on any atom is 0.339 e. The standard InChI is InChI=1S/C28H33N3O3/c1-17(2)25-28(3,4)23-20-9-7-8-10-22(20)29-24(23)21(27(33)34)16-31(25)26(32)19-13-11-18(12-14-19)15-30(5)6/h7-14,16-17,25,29H,15H2,1-6H3,(H,33,34). The number of aromatic amines is 1. The summed E-state index contributed by atoms with van der Waals surface area (Å²) >= 11 is 0. The first-order valence-electron chi connectivity index (χ1n) is 11.7. The van der Waals surface area contributed by atoms with E-state index < -0.39 is 11.4 Å². The first-order chi connectivity index (χ1) is 16.0. The van der Waals surface area contributed by atoms with Gasteiger partial charge in [-0.3, -0.25) is 4.79 Å². The van der Waals surface area contributed by atoms with Gasteiger partial charge in [0.1, 0.15) is 0 Å². The molecule has 0 saturated heterocycles. The van der Waals surface area contributed by atoms with Crippen molar-refractivity contribution in [3.05, 3.63) is 77.1 Å². The lowest BCUT2D eigenvalue weighted by Gasteiger charge is -2.42. The van der Waals surface area contributed by atoms with Crippen LogP contribution in [0.5, 0.6) is 0 Å². The molecule has 0 fully saturated rings. The number of carbonyl (C=O) groups is 2. The number of carboxylic acid groups (broad SMARTS) is 1. The van der Waals surface area contributed by atoms with E-state index >= 15 is 0 Å². The molecule has 1 aliphatic heterocycles. The molecule has 178 valence electrons. The molecule has 3 aromatic rings. The monoisotopic (exact) mass is 459 g/mol. The van der Waals surface area contributed by atoms with Crippen LogP contribution in [-0.4, -0.2) is 51.9 Å². The maximum atomic E-state index is 13.9. The van der Waals surface area contributed by atoms with Crippen molar-refractivity contribution in [3.63, 3.8) is 0 Å². The third kappa shape index (κ3) is 4.03. The summed E-state index contributed by atoms with van der Waals surface area (Å²) in [6.07, 6.45) is 1.53. The molecule has 4 rings (SSSR count). The second-order valence-electron chi connectivity index (χ2n) is 10.3. The molecular weight excluding hydrogens is 426 g/mol. The summed E-state index contributed by atoms with van der Waals surface area (Å²) in [5, 5.41) is 11.2. The van der Waals surface area contributed by atoms with E-state index in [1.54, 1.807) is 4.90 Å². The molecule has 0 radical (unpaired) electrons. The van der Waals surface area contributed by atoms with E-state index in [1.807, 2.05) is 62.6 Å². The minimum Gasteiger partial charge on any atom is -0.478 e. The van der Waals surface area contributed by atoms with Gasteiger partial charge in [0.05, 0.1) is 11.3 Å². The average molecular weight is 460 g/mol. The van der Waals surface area contributed by atoms with Crippen molar-refractivity contribution >= 4 is 28.4 Å². The molecular formula is C28H33N3O3. The van der Waals surface area contributed by atoms with E-state index in [9.17, 15) is 14.7 Å². The SMILES string of the molecule is CC(C)C1N(C(=O)c2ccc(CN(C)C)cc2)C=C(C(=O)O)c2[nH]c3ccccc3c2C1(C)C. The highest BCUT2D eigenvalue weighted by molar-refractivity contribution is 6.17. The third-order valence-electron chi connectivity index (χ3n) is 6.72. The fourth-order valence-electron chi connectivity index (χ4n) is 5.56. The number of para-hydroxylation sites is 1. The lowest BCUT2D eigenvalue weighted by Crippen LogP contribution is -2.50. The molecule has 0 spiro atoms. The van der Waals surface area contributed by atoms with Crippen LogP contribution in [0.3, 0.4) is 0 Å². The zero-order valence-corrected chi connectivity index (χ0v) is 20.7. The minimum atomic E-state index is -1.06. The number of benzene rings is 2. The zero-order valence-electron chi connectivity index (χ0n) is 20.7. The van der Waals surface area contributed by atoms with Crippen LogP contribution in [-0.2, 0) is 16.8 Å². The Balaban J connectivity index is 1.89. The van der Waals surface area contributed by atoms with Gasteiger partial charge in [0.15, 0.2) is 0 Å². The zero-order chi connectivity index (χ0) is 24.8. The van der Waals surface area contributed by atoms with Crippen LogP contribution in [0.4, 0.5) is 0 Å². The van der Waals surface area contributed by atoms with Crippen LogP contribution in [0.1, 0.15) is 54.9 Å². The lowest BCUT2D eigenvalue weighted by molar-refractivity contribution is -0.130. The van der Waals surface area contributed by atoms with Gasteiger partial charge in [0, 0.05) is 40.7 Å². The van der Waals surface area contributed by atoms with E-state index in [2.05, 4.69) is 37.6 Å². The number of rotatable bonds is 5. The first-order valence-corrected chi connectivity index (χ1v) is 11.7. The Labute approximate surface area is 200 Å². The second kappa shape index (κ2) is 8.76. The number of aliphatic carboxylic acids is 1. The Kier molecular flexibility index (Phi) is 6.13. The van der Waals surface area contributed by atoms with Crippen LogP contribution in [0, 0.1) is 5.92 Å². The van der Waals surface area contributed by atoms with Gasteiger partial charge in [-0.15, -0.1) is 0 Å². The molecule has 34 heavy (non-hydrogen) atoms. The molecule has 1 unspecified atom stereocenters. The Bertz CT molecular complexity index is 1270. The number of fused-ring (bicyclic) bond motifs is 3. The normalized spacial score (nSPS) is 17.6. The van der Waals surface area contributed by atoms with Gasteiger partial charge >= 0.3 is 5.97 Å². The third-order valence-corrected chi connectivity index (χ3v) is 6.72. The Hall–Kier alpha value is -3.38. The van der Waals surface area contributed by atoms with Gasteiger partial charge in [-0.05, 0) is 49.3 Å². The van der Waals surface area contributed by atoms with Crippen LogP contribution in [0.15, 0.2) is 54.7 Å². The van der Waals surface area contributed by atoms with Crippen LogP contribution >= 0.6 is 0 Å². The summed E-state index contributed by atoms with van der Waals surface area (Å²) in [7, 11) is 4.00. The van der Waals surface area contributed by atoms with E-state index in [1.165, 1.54) is 6.20 Å². The van der Waals surface area contributed by atoms with Crippen molar-refractivity contribution in [3.8, 4) is 0 Å². The number of H-pyrrole nitrogens is 1. The van der Waals surface area contributed by atoms with E-state index in [-0.39, 0.29) is 23.4 Å². The molecule has 0 bridgehead atoms. The highest BCUT2D eigenvalue weighted by Crippen LogP contribution is 2.45. The van der Waals surface area contributed by atoms with Gasteiger partial charge < -0.3 is 19.9 Å². The molecule has 1 amide bonds. The highest BCUT2D eigenvalue weighted by atomic mass is 16.4. The van der Waals surface area contributed by atoms with Crippen LogP contribution in [0.2, 0.25) is 0 Å². The lowest BCUT2D eigenvalue weighted by atomic mass is 9.71. The van der Waals surface area contributed by atoms with Gasteiger partial charge in [-0.1, -0.05) is 58.0 Å². The minimum absolute atomic E-state index is 0.0814. The fourth-order valence-corrected chi connectivity index (χ4v) is 5.56. The summed E-state index contributed by atoms with van der Waals surface area (Å²) in [6, 6.07) is 15.2. The number of hydrogen-bond donors (Lipinski definition) is 2. The predicted octanol–water partition coefficient (Wildman–Crippen LogP) is 5.11. The molecule has 0 saturated carbocycles. The molecule has 6 nitrogen and oxygen atoms in total. The summed E-state index contributed by atoms with van der Waals surface area (Å²) in [5.41, 5.74) is 3.64. The molecule has 0 aliphatic carbocycles. The van der Waals surface area contributed by atoms with Gasteiger partial charge in [0.25, 0.3) is 5.91 Å². The molecule has 1 aromatic heterocycles. The number of carboxylic acids is 1. The van der Waals surface area contributed by atoms with Crippen LogP contribution < -0.4 is 0 Å². The van der Waals surface area contributed by atoms with Gasteiger partial charge in [-0.25, -0.2) is 4.79 Å². The smallest absolute Gasteiger partial charge is 0.339 e. The molecule has 2 aromatic carbocycles. The van der Waals surface area contributed by atoms with Crippen molar-refractivity contribution in [1.29, 1.82) is 0 Å². The van der Waals surface area contributed by atoms with Gasteiger partial charge in [0.2, 0.25) is 0 Å². The summed E-state index contributed by atoms with van der Waals surface area (Å²) in [6.45, 7) is 9.17. The fraction of sp³-hybridized carbons (Fsp3) is 0.357.